The first-order valence-electron chi connectivity index (χ1n) is 13.7. The van der Waals surface area contributed by atoms with Gasteiger partial charge in [0.2, 0.25) is 0 Å². The molecular formula is C39H30. The first-order chi connectivity index (χ1) is 19.2. The zero-order valence-electron chi connectivity index (χ0n) is 22.1. The Morgan fingerprint density at radius 2 is 0.974 bits per heavy atom. The fourth-order valence-corrected chi connectivity index (χ4v) is 6.56. The molecule has 0 spiro atoms. The molecule has 39 heavy (non-hydrogen) atoms. The Kier molecular flexibility index (Phi) is 5.75. The molecule has 0 N–H and O–H groups in total. The minimum atomic E-state index is -0.371. The Hall–Kier alpha value is -4.68. The Bertz CT molecular complexity index is 1750. The number of hydrogen-bond acceptors (Lipinski definition) is 0. The summed E-state index contributed by atoms with van der Waals surface area (Å²) in [5, 5.41) is 0. The van der Waals surface area contributed by atoms with E-state index >= 15 is 0 Å². The predicted octanol–water partition coefficient (Wildman–Crippen LogP) is 9.62. The third kappa shape index (κ3) is 3.92. The molecule has 1 aliphatic rings. The van der Waals surface area contributed by atoms with Crippen LogP contribution in [0.5, 0.6) is 0 Å². The maximum Gasteiger partial charge on any atom is 0.0713 e. The summed E-state index contributed by atoms with van der Waals surface area (Å²) in [6.45, 7) is 2.16. The molecule has 0 atom stereocenters. The van der Waals surface area contributed by atoms with E-state index in [0.29, 0.717) is 0 Å². The van der Waals surface area contributed by atoms with Gasteiger partial charge in [-0.25, -0.2) is 0 Å². The van der Waals surface area contributed by atoms with Gasteiger partial charge in [-0.05, 0) is 75.0 Å². The number of aryl methyl sites for hydroxylation is 1. The molecule has 1 aliphatic carbocycles. The lowest BCUT2D eigenvalue weighted by Crippen LogP contribution is -2.28. The van der Waals surface area contributed by atoms with Gasteiger partial charge in [-0.3, -0.25) is 0 Å². The highest BCUT2D eigenvalue weighted by Crippen LogP contribution is 2.56. The molecule has 0 heteroatoms. The third-order valence-corrected chi connectivity index (χ3v) is 8.21. The second-order valence-electron chi connectivity index (χ2n) is 10.7. The molecule has 7 rings (SSSR count). The molecule has 6 aromatic carbocycles. The van der Waals surface area contributed by atoms with Crippen LogP contribution in [0.3, 0.4) is 0 Å². The molecule has 0 aromatic heterocycles. The van der Waals surface area contributed by atoms with Crippen LogP contribution in [-0.4, -0.2) is 0 Å². The lowest BCUT2D eigenvalue weighted by molar-refractivity contribution is 0.769. The van der Waals surface area contributed by atoms with Crippen molar-refractivity contribution in [3.8, 4) is 22.3 Å². The molecule has 0 nitrogen and oxygen atoms in total. The molecule has 0 aliphatic heterocycles. The molecule has 0 saturated carbocycles. The van der Waals surface area contributed by atoms with Crippen LogP contribution in [0.15, 0.2) is 152 Å². The van der Waals surface area contributed by atoms with Gasteiger partial charge in [0, 0.05) is 0 Å². The average molecular weight is 499 g/mol. The van der Waals surface area contributed by atoms with Crippen molar-refractivity contribution in [2.45, 2.75) is 18.8 Å². The summed E-state index contributed by atoms with van der Waals surface area (Å²) in [5.74, 6) is 0. The van der Waals surface area contributed by atoms with Crippen LogP contribution in [0.2, 0.25) is 0 Å². The summed E-state index contributed by atoms with van der Waals surface area (Å²) in [4.78, 5) is 0. The van der Waals surface area contributed by atoms with Crippen LogP contribution in [0.25, 0.3) is 22.3 Å². The Morgan fingerprint density at radius 1 is 0.436 bits per heavy atom. The SMILES string of the molecule is Cc1cccc(Cc2cccc(-c3cccc(C4(c5ccccc5)c5ccccc5-c5ccccc54)c3)c2)c1. The van der Waals surface area contributed by atoms with Crippen molar-refractivity contribution in [3.63, 3.8) is 0 Å². The van der Waals surface area contributed by atoms with Gasteiger partial charge in [0.05, 0.1) is 5.41 Å². The monoisotopic (exact) mass is 498 g/mol. The Morgan fingerprint density at radius 3 is 1.67 bits per heavy atom. The van der Waals surface area contributed by atoms with Gasteiger partial charge < -0.3 is 0 Å². The van der Waals surface area contributed by atoms with Gasteiger partial charge in [0.15, 0.2) is 0 Å². The average Bonchev–Trinajstić information content (AvgIpc) is 3.29. The Labute approximate surface area is 231 Å². The molecule has 0 unspecified atom stereocenters. The molecule has 0 radical (unpaired) electrons. The first kappa shape index (κ1) is 23.4. The van der Waals surface area contributed by atoms with Crippen molar-refractivity contribution in [2.24, 2.45) is 0 Å². The number of benzene rings is 6. The van der Waals surface area contributed by atoms with E-state index in [4.69, 9.17) is 0 Å². The van der Waals surface area contributed by atoms with E-state index in [1.165, 1.54) is 61.2 Å². The van der Waals surface area contributed by atoms with Crippen LogP contribution in [-0.2, 0) is 11.8 Å². The summed E-state index contributed by atoms with van der Waals surface area (Å²) in [5.41, 5.74) is 14.1. The van der Waals surface area contributed by atoms with Gasteiger partial charge >= 0.3 is 0 Å². The maximum atomic E-state index is 2.41. The lowest BCUT2D eigenvalue weighted by Gasteiger charge is -2.34. The van der Waals surface area contributed by atoms with Crippen LogP contribution in [0.1, 0.15) is 38.9 Å². The second kappa shape index (κ2) is 9.57. The molecule has 0 amide bonds. The van der Waals surface area contributed by atoms with E-state index in [-0.39, 0.29) is 5.41 Å². The van der Waals surface area contributed by atoms with E-state index in [1.54, 1.807) is 0 Å². The quantitative estimate of drug-likeness (QED) is 0.222. The van der Waals surface area contributed by atoms with E-state index in [9.17, 15) is 0 Å². The van der Waals surface area contributed by atoms with Crippen molar-refractivity contribution in [1.29, 1.82) is 0 Å². The maximum absolute atomic E-state index is 2.41. The number of rotatable bonds is 5. The normalized spacial score (nSPS) is 13.1. The summed E-state index contributed by atoms with van der Waals surface area (Å²) in [6.07, 6.45) is 0.934. The smallest absolute Gasteiger partial charge is 0.0622 e. The summed E-state index contributed by atoms with van der Waals surface area (Å²) in [6, 6.07) is 55.9. The zero-order valence-corrected chi connectivity index (χ0v) is 22.1. The highest BCUT2D eigenvalue weighted by molar-refractivity contribution is 5.86. The van der Waals surface area contributed by atoms with Crippen molar-refractivity contribution >= 4 is 0 Å². The highest BCUT2D eigenvalue weighted by atomic mass is 14.5. The van der Waals surface area contributed by atoms with Crippen LogP contribution < -0.4 is 0 Å². The molecule has 0 heterocycles. The number of hydrogen-bond donors (Lipinski definition) is 0. The first-order valence-corrected chi connectivity index (χ1v) is 13.7. The van der Waals surface area contributed by atoms with Gasteiger partial charge in [0.25, 0.3) is 0 Å². The minimum Gasteiger partial charge on any atom is -0.0622 e. The van der Waals surface area contributed by atoms with E-state index in [1.807, 2.05) is 0 Å². The van der Waals surface area contributed by atoms with E-state index in [2.05, 4.69) is 159 Å². The van der Waals surface area contributed by atoms with Gasteiger partial charge in [0.1, 0.15) is 0 Å². The molecule has 186 valence electrons. The van der Waals surface area contributed by atoms with Crippen molar-refractivity contribution in [1.82, 2.24) is 0 Å². The fourth-order valence-electron chi connectivity index (χ4n) is 6.56. The van der Waals surface area contributed by atoms with Gasteiger partial charge in [-0.2, -0.15) is 0 Å². The lowest BCUT2D eigenvalue weighted by atomic mass is 9.67. The molecule has 0 saturated heterocycles. The highest BCUT2D eigenvalue weighted by Gasteiger charge is 2.45. The molecule has 0 bridgehead atoms. The summed E-state index contributed by atoms with van der Waals surface area (Å²) >= 11 is 0. The van der Waals surface area contributed by atoms with Gasteiger partial charge in [-0.1, -0.05) is 151 Å². The van der Waals surface area contributed by atoms with Crippen LogP contribution in [0.4, 0.5) is 0 Å². The largest absolute Gasteiger partial charge is 0.0713 e. The van der Waals surface area contributed by atoms with Gasteiger partial charge in [-0.15, -0.1) is 0 Å². The zero-order chi connectivity index (χ0) is 26.2. The Balaban J connectivity index is 1.40. The predicted molar refractivity (Wildman–Crippen MR) is 163 cm³/mol. The molecule has 6 aromatic rings. The summed E-state index contributed by atoms with van der Waals surface area (Å²) in [7, 11) is 0. The van der Waals surface area contributed by atoms with Crippen molar-refractivity contribution in [2.75, 3.05) is 0 Å². The fraction of sp³-hybridized carbons (Fsp3) is 0.0769. The molecular weight excluding hydrogens is 468 g/mol. The van der Waals surface area contributed by atoms with Crippen molar-refractivity contribution in [3.05, 3.63) is 191 Å². The molecule has 0 fully saturated rings. The number of fused-ring (bicyclic) bond motifs is 3. The third-order valence-electron chi connectivity index (χ3n) is 8.21. The minimum absolute atomic E-state index is 0.371. The van der Waals surface area contributed by atoms with Crippen LogP contribution >= 0.6 is 0 Å². The van der Waals surface area contributed by atoms with E-state index in [0.717, 1.165) is 6.42 Å². The standard InChI is InChI=1S/C39H30/c1-28-12-9-13-29(24-28)25-30-14-10-15-31(26-30)32-16-11-19-34(27-32)39(33-17-3-2-4-18-33)37-22-7-5-20-35(37)36-21-6-8-23-38(36)39/h2-24,26-27H,25H2,1H3. The second-order valence-corrected chi connectivity index (χ2v) is 10.7. The summed E-state index contributed by atoms with van der Waals surface area (Å²) < 4.78 is 0. The topological polar surface area (TPSA) is 0 Å². The van der Waals surface area contributed by atoms with Crippen molar-refractivity contribution < 1.29 is 0 Å². The van der Waals surface area contributed by atoms with Crippen LogP contribution in [0, 0.1) is 6.92 Å². The van der Waals surface area contributed by atoms with E-state index < -0.39 is 0 Å².